The first-order valence-electron chi connectivity index (χ1n) is 2.67. The highest BCUT2D eigenvalue weighted by Crippen LogP contribution is 2.15. The second-order valence-corrected chi connectivity index (χ2v) is 1.80. The molecular weight excluding hydrogens is 152 g/mol. The van der Waals surface area contributed by atoms with Crippen LogP contribution < -0.4 is 0 Å². The molecule has 0 saturated heterocycles. The van der Waals surface area contributed by atoms with E-state index in [2.05, 4.69) is 4.74 Å². The van der Waals surface area contributed by atoms with E-state index < -0.39 is 17.7 Å². The van der Waals surface area contributed by atoms with Gasteiger partial charge in [-0.25, -0.2) is 9.59 Å². The number of ether oxygens (including phenoxy) is 1. The molecule has 0 aromatic carbocycles. The van der Waals surface area contributed by atoms with Crippen LogP contribution >= 0.6 is 0 Å². The molecule has 1 heterocycles. The number of aliphatic carboxylic acids is 1. The van der Waals surface area contributed by atoms with E-state index in [9.17, 15) is 9.59 Å². The van der Waals surface area contributed by atoms with Crippen molar-refractivity contribution in [1.82, 2.24) is 0 Å². The van der Waals surface area contributed by atoms with E-state index in [4.69, 9.17) is 10.2 Å². The summed E-state index contributed by atoms with van der Waals surface area (Å²) < 4.78 is 4.28. The van der Waals surface area contributed by atoms with Crippen LogP contribution in [0.4, 0.5) is 0 Å². The summed E-state index contributed by atoms with van der Waals surface area (Å²) in [7, 11) is 0. The second-order valence-electron chi connectivity index (χ2n) is 1.80. The molecule has 0 aliphatic carbocycles. The van der Waals surface area contributed by atoms with Crippen LogP contribution in [0, 0.1) is 0 Å². The van der Waals surface area contributed by atoms with Gasteiger partial charge in [0.05, 0.1) is 12.2 Å². The SMILES string of the molecule is O=C(O)/C=C1/OC(=O)C=C1O. The van der Waals surface area contributed by atoms with Crippen LogP contribution in [0.1, 0.15) is 0 Å². The van der Waals surface area contributed by atoms with Gasteiger partial charge in [-0.3, -0.25) is 0 Å². The van der Waals surface area contributed by atoms with Gasteiger partial charge in [0.1, 0.15) is 0 Å². The third-order valence-corrected chi connectivity index (χ3v) is 0.972. The van der Waals surface area contributed by atoms with Crippen molar-refractivity contribution < 1.29 is 24.5 Å². The highest BCUT2D eigenvalue weighted by Gasteiger charge is 2.19. The highest BCUT2D eigenvalue weighted by molar-refractivity contribution is 5.90. The summed E-state index contributed by atoms with van der Waals surface area (Å²) in [5.74, 6) is -2.84. The van der Waals surface area contributed by atoms with E-state index in [0.29, 0.717) is 6.08 Å². The van der Waals surface area contributed by atoms with E-state index in [1.165, 1.54) is 0 Å². The number of aliphatic hydroxyl groups excluding tert-OH is 1. The van der Waals surface area contributed by atoms with Crippen molar-refractivity contribution in [3.63, 3.8) is 0 Å². The number of carboxylic acid groups (broad SMARTS) is 1. The molecule has 1 rings (SSSR count). The zero-order valence-corrected chi connectivity index (χ0v) is 5.27. The Bertz CT molecular complexity index is 273. The number of hydrogen-bond acceptors (Lipinski definition) is 4. The highest BCUT2D eigenvalue weighted by atomic mass is 16.6. The Morgan fingerprint density at radius 2 is 2.27 bits per heavy atom. The Hall–Kier alpha value is -1.78. The lowest BCUT2D eigenvalue weighted by molar-refractivity contribution is -0.132. The smallest absolute Gasteiger partial charge is 0.340 e. The molecule has 2 N–H and O–H groups in total. The average Bonchev–Trinajstić information content (AvgIpc) is 2.09. The number of carbonyl (C=O) groups is 2. The molecule has 0 amide bonds. The van der Waals surface area contributed by atoms with Gasteiger partial charge in [0.25, 0.3) is 0 Å². The van der Waals surface area contributed by atoms with Crippen LogP contribution in [0.2, 0.25) is 0 Å². The van der Waals surface area contributed by atoms with Crippen molar-refractivity contribution >= 4 is 11.9 Å². The zero-order chi connectivity index (χ0) is 8.43. The molecule has 0 unspecified atom stereocenters. The van der Waals surface area contributed by atoms with E-state index in [-0.39, 0.29) is 5.76 Å². The lowest BCUT2D eigenvalue weighted by atomic mass is 10.4. The van der Waals surface area contributed by atoms with E-state index >= 15 is 0 Å². The summed E-state index contributed by atoms with van der Waals surface area (Å²) in [6.45, 7) is 0. The van der Waals surface area contributed by atoms with Gasteiger partial charge in [-0.05, 0) is 0 Å². The van der Waals surface area contributed by atoms with E-state index in [1.807, 2.05) is 0 Å². The second kappa shape index (κ2) is 2.45. The number of carboxylic acids is 1. The van der Waals surface area contributed by atoms with Gasteiger partial charge in [-0.1, -0.05) is 0 Å². The fraction of sp³-hybridized carbons (Fsp3) is 0. The van der Waals surface area contributed by atoms with Gasteiger partial charge in [0.15, 0.2) is 11.5 Å². The molecular formula is C6H4O5. The van der Waals surface area contributed by atoms with Gasteiger partial charge in [-0.15, -0.1) is 0 Å². The van der Waals surface area contributed by atoms with Gasteiger partial charge >= 0.3 is 11.9 Å². The Labute approximate surface area is 61.2 Å². The molecule has 0 saturated carbocycles. The van der Waals surface area contributed by atoms with Crippen molar-refractivity contribution in [3.8, 4) is 0 Å². The molecule has 5 heteroatoms. The maximum atomic E-state index is 10.4. The van der Waals surface area contributed by atoms with Gasteiger partial charge < -0.3 is 14.9 Å². The van der Waals surface area contributed by atoms with Crippen LogP contribution in [-0.2, 0) is 14.3 Å². The molecule has 58 valence electrons. The fourth-order valence-corrected chi connectivity index (χ4v) is 0.588. The molecule has 5 nitrogen and oxygen atoms in total. The Morgan fingerprint density at radius 1 is 1.64 bits per heavy atom. The molecule has 0 atom stereocenters. The van der Waals surface area contributed by atoms with Gasteiger partial charge in [-0.2, -0.15) is 0 Å². The first-order valence-corrected chi connectivity index (χ1v) is 2.67. The summed E-state index contributed by atoms with van der Waals surface area (Å²) in [6, 6.07) is 0. The first kappa shape index (κ1) is 7.33. The molecule has 0 spiro atoms. The molecule has 0 aromatic heterocycles. The third-order valence-electron chi connectivity index (χ3n) is 0.972. The molecule has 0 fully saturated rings. The predicted molar refractivity (Wildman–Crippen MR) is 32.5 cm³/mol. The largest absolute Gasteiger partial charge is 0.504 e. The number of rotatable bonds is 1. The van der Waals surface area contributed by atoms with Crippen molar-refractivity contribution in [2.75, 3.05) is 0 Å². The van der Waals surface area contributed by atoms with E-state index in [0.717, 1.165) is 6.08 Å². The number of cyclic esters (lactones) is 1. The van der Waals surface area contributed by atoms with Crippen molar-refractivity contribution in [3.05, 3.63) is 23.7 Å². The number of hydrogen-bond donors (Lipinski definition) is 2. The van der Waals surface area contributed by atoms with Crippen molar-refractivity contribution in [2.45, 2.75) is 0 Å². The van der Waals surface area contributed by atoms with Crippen LogP contribution in [-0.4, -0.2) is 22.2 Å². The summed E-state index contributed by atoms with van der Waals surface area (Å²) in [4.78, 5) is 20.4. The minimum Gasteiger partial charge on any atom is -0.504 e. The first-order chi connectivity index (χ1) is 5.09. The van der Waals surface area contributed by atoms with Crippen molar-refractivity contribution in [1.29, 1.82) is 0 Å². The van der Waals surface area contributed by atoms with Crippen LogP contribution in [0.15, 0.2) is 23.7 Å². The maximum Gasteiger partial charge on any atom is 0.340 e. The average molecular weight is 156 g/mol. The van der Waals surface area contributed by atoms with Crippen LogP contribution in [0.5, 0.6) is 0 Å². The van der Waals surface area contributed by atoms with Gasteiger partial charge in [0.2, 0.25) is 0 Å². The number of esters is 1. The molecule has 0 radical (unpaired) electrons. The van der Waals surface area contributed by atoms with Crippen LogP contribution in [0.3, 0.4) is 0 Å². The minimum atomic E-state index is -1.28. The molecule has 11 heavy (non-hydrogen) atoms. The zero-order valence-electron chi connectivity index (χ0n) is 5.27. The quantitative estimate of drug-likeness (QED) is 0.411. The fourth-order valence-electron chi connectivity index (χ4n) is 0.588. The molecule has 1 aliphatic rings. The summed E-state index contributed by atoms with van der Waals surface area (Å²) in [6.07, 6.45) is 1.41. The normalized spacial score (nSPS) is 19.8. The van der Waals surface area contributed by atoms with Gasteiger partial charge in [0, 0.05) is 0 Å². The minimum absolute atomic E-state index is 0.331. The molecule has 0 aromatic rings. The third kappa shape index (κ3) is 1.57. The Balaban J connectivity index is 2.87. The lowest BCUT2D eigenvalue weighted by Gasteiger charge is -1.93. The Kier molecular flexibility index (Phi) is 1.63. The van der Waals surface area contributed by atoms with E-state index in [1.54, 1.807) is 0 Å². The van der Waals surface area contributed by atoms with Crippen molar-refractivity contribution in [2.24, 2.45) is 0 Å². The van der Waals surface area contributed by atoms with Crippen LogP contribution in [0.25, 0.3) is 0 Å². The summed E-state index contributed by atoms with van der Waals surface area (Å²) in [5, 5.41) is 17.0. The molecule has 1 aliphatic heterocycles. The number of aliphatic hydroxyl groups is 1. The summed E-state index contributed by atoms with van der Waals surface area (Å²) >= 11 is 0. The topological polar surface area (TPSA) is 83.8 Å². The number of carbonyl (C=O) groups excluding carboxylic acids is 1. The maximum absolute atomic E-state index is 10.4. The monoisotopic (exact) mass is 156 g/mol. The molecule has 0 bridgehead atoms. The standard InChI is InChI=1S/C6H4O5/c7-3-1-6(10)11-4(3)2-5(8)9/h1-2,7H,(H,8,9)/b4-2+. The lowest BCUT2D eigenvalue weighted by Crippen LogP contribution is -1.96. The Morgan fingerprint density at radius 3 is 2.64 bits per heavy atom. The predicted octanol–water partition coefficient (Wildman–Crippen LogP) is -0.0464. The summed E-state index contributed by atoms with van der Waals surface area (Å²) in [5.41, 5.74) is 0.